The Labute approximate surface area is 147 Å². The van der Waals surface area contributed by atoms with Crippen molar-refractivity contribution >= 4 is 16.9 Å². The molecule has 0 aliphatic carbocycles. The van der Waals surface area contributed by atoms with Crippen LogP contribution in [0.15, 0.2) is 39.5 Å². The van der Waals surface area contributed by atoms with Gasteiger partial charge < -0.3 is 24.1 Å². The van der Waals surface area contributed by atoms with Gasteiger partial charge in [0, 0.05) is 5.56 Å². The van der Waals surface area contributed by atoms with Crippen LogP contribution in [0.25, 0.3) is 22.3 Å². The Balaban J connectivity index is 2.06. The molecule has 2 aromatic carbocycles. The standard InChI is InChI=1S/C19H14O7/c1-9-2-3-12-14(4-9)26-18(16(21)15(12)20)13-6-10(19(22)23)5-11-7-24-8-25-17(11)13/h2-6,21H,7-8H2,1H3,(H,22,23). The van der Waals surface area contributed by atoms with E-state index < -0.39 is 17.1 Å². The minimum absolute atomic E-state index is 0.0237. The summed E-state index contributed by atoms with van der Waals surface area (Å²) in [5, 5.41) is 20.0. The molecule has 0 saturated heterocycles. The van der Waals surface area contributed by atoms with Crippen LogP contribution >= 0.6 is 0 Å². The predicted molar refractivity (Wildman–Crippen MR) is 91.6 cm³/mol. The highest BCUT2D eigenvalue weighted by Crippen LogP contribution is 2.40. The van der Waals surface area contributed by atoms with Gasteiger partial charge in [-0.25, -0.2) is 4.79 Å². The van der Waals surface area contributed by atoms with E-state index in [2.05, 4.69) is 0 Å². The van der Waals surface area contributed by atoms with Crippen molar-refractivity contribution in [1.82, 2.24) is 0 Å². The Morgan fingerprint density at radius 3 is 2.77 bits per heavy atom. The van der Waals surface area contributed by atoms with E-state index in [1.807, 2.05) is 6.92 Å². The van der Waals surface area contributed by atoms with Gasteiger partial charge in [-0.2, -0.15) is 0 Å². The van der Waals surface area contributed by atoms with Crippen molar-refractivity contribution in [2.45, 2.75) is 13.5 Å². The van der Waals surface area contributed by atoms with Crippen LogP contribution in [0.4, 0.5) is 0 Å². The first-order chi connectivity index (χ1) is 12.5. The maximum absolute atomic E-state index is 12.5. The fourth-order valence-corrected chi connectivity index (χ4v) is 2.98. The van der Waals surface area contributed by atoms with Gasteiger partial charge in [0.2, 0.25) is 11.2 Å². The van der Waals surface area contributed by atoms with Gasteiger partial charge in [-0.1, -0.05) is 6.07 Å². The van der Waals surface area contributed by atoms with Crippen LogP contribution in [0.5, 0.6) is 11.5 Å². The molecule has 2 heterocycles. The molecule has 2 N–H and O–H groups in total. The van der Waals surface area contributed by atoms with Crippen molar-refractivity contribution in [2.24, 2.45) is 0 Å². The molecule has 0 atom stereocenters. The molecule has 1 aliphatic heterocycles. The minimum Gasteiger partial charge on any atom is -0.502 e. The van der Waals surface area contributed by atoms with Gasteiger partial charge in [-0.15, -0.1) is 0 Å². The van der Waals surface area contributed by atoms with Crippen LogP contribution in [-0.4, -0.2) is 23.0 Å². The lowest BCUT2D eigenvalue weighted by Gasteiger charge is -2.21. The summed E-state index contributed by atoms with van der Waals surface area (Å²) in [5.74, 6) is -1.56. The molecule has 132 valence electrons. The third kappa shape index (κ3) is 2.49. The summed E-state index contributed by atoms with van der Waals surface area (Å²) in [5.41, 5.74) is 1.24. The summed E-state index contributed by atoms with van der Waals surface area (Å²) in [4.78, 5) is 24.0. The Hall–Kier alpha value is -3.32. The number of benzene rings is 2. The highest BCUT2D eigenvalue weighted by Gasteiger charge is 2.25. The molecule has 0 unspecified atom stereocenters. The topological polar surface area (TPSA) is 106 Å². The second-order valence-corrected chi connectivity index (χ2v) is 6.04. The molecule has 0 spiro atoms. The molecule has 7 nitrogen and oxygen atoms in total. The summed E-state index contributed by atoms with van der Waals surface area (Å²) >= 11 is 0. The zero-order valence-electron chi connectivity index (χ0n) is 13.7. The Kier molecular flexibility index (Phi) is 3.66. The van der Waals surface area contributed by atoms with Crippen LogP contribution < -0.4 is 10.2 Å². The molecule has 1 aromatic heterocycles. The Morgan fingerprint density at radius 2 is 2.00 bits per heavy atom. The number of hydrogen-bond acceptors (Lipinski definition) is 6. The van der Waals surface area contributed by atoms with Gasteiger partial charge in [0.05, 0.1) is 23.1 Å². The molecule has 4 rings (SSSR count). The molecular weight excluding hydrogens is 340 g/mol. The number of carboxylic acid groups (broad SMARTS) is 1. The summed E-state index contributed by atoms with van der Waals surface area (Å²) in [6, 6.07) is 7.74. The smallest absolute Gasteiger partial charge is 0.335 e. The second-order valence-electron chi connectivity index (χ2n) is 6.04. The SMILES string of the molecule is Cc1ccc2c(=O)c(O)c(-c3cc(C(=O)O)cc4c3OCOC4)oc2c1. The summed E-state index contributed by atoms with van der Waals surface area (Å²) in [6.45, 7) is 1.98. The molecule has 3 aromatic rings. The van der Waals surface area contributed by atoms with Crippen molar-refractivity contribution in [3.63, 3.8) is 0 Å². The molecule has 0 saturated carbocycles. The van der Waals surface area contributed by atoms with Crippen molar-refractivity contribution in [3.05, 3.63) is 57.2 Å². The lowest BCUT2D eigenvalue weighted by molar-refractivity contribution is -0.0160. The lowest BCUT2D eigenvalue weighted by Crippen LogP contribution is -2.14. The van der Waals surface area contributed by atoms with E-state index in [1.54, 1.807) is 18.2 Å². The fraction of sp³-hybridized carbons (Fsp3) is 0.158. The van der Waals surface area contributed by atoms with Crippen molar-refractivity contribution in [2.75, 3.05) is 6.79 Å². The van der Waals surface area contributed by atoms with Gasteiger partial charge in [-0.3, -0.25) is 4.79 Å². The van der Waals surface area contributed by atoms with Crippen LogP contribution in [-0.2, 0) is 11.3 Å². The van der Waals surface area contributed by atoms with Gasteiger partial charge in [0.25, 0.3) is 0 Å². The molecule has 0 bridgehead atoms. The quantitative estimate of drug-likeness (QED) is 0.728. The van der Waals surface area contributed by atoms with Gasteiger partial charge in [0.1, 0.15) is 11.3 Å². The zero-order valence-corrected chi connectivity index (χ0v) is 13.7. The van der Waals surface area contributed by atoms with Crippen LogP contribution in [0.3, 0.4) is 0 Å². The number of carboxylic acids is 1. The van der Waals surface area contributed by atoms with E-state index in [0.29, 0.717) is 16.9 Å². The number of aromatic carboxylic acids is 1. The predicted octanol–water partition coefficient (Wildman–Crippen LogP) is 3.04. The maximum Gasteiger partial charge on any atom is 0.335 e. The first-order valence-electron chi connectivity index (χ1n) is 7.83. The highest BCUT2D eigenvalue weighted by atomic mass is 16.7. The summed E-state index contributed by atoms with van der Waals surface area (Å²) < 4.78 is 16.5. The van der Waals surface area contributed by atoms with E-state index in [0.717, 1.165) is 5.56 Å². The molecule has 0 fully saturated rings. The molecule has 1 aliphatic rings. The number of aromatic hydroxyl groups is 1. The van der Waals surface area contributed by atoms with Crippen LogP contribution in [0.2, 0.25) is 0 Å². The third-order valence-electron chi connectivity index (χ3n) is 4.23. The van der Waals surface area contributed by atoms with E-state index in [4.69, 9.17) is 13.9 Å². The second kappa shape index (κ2) is 5.89. The van der Waals surface area contributed by atoms with Gasteiger partial charge in [0.15, 0.2) is 12.6 Å². The maximum atomic E-state index is 12.5. The van der Waals surface area contributed by atoms with E-state index >= 15 is 0 Å². The summed E-state index contributed by atoms with van der Waals surface area (Å²) in [6.07, 6.45) is 0. The average molecular weight is 354 g/mol. The van der Waals surface area contributed by atoms with Gasteiger partial charge >= 0.3 is 5.97 Å². The molecule has 7 heteroatoms. The number of rotatable bonds is 2. The highest BCUT2D eigenvalue weighted by molar-refractivity contribution is 5.92. The van der Waals surface area contributed by atoms with Crippen molar-refractivity contribution < 1.29 is 28.9 Å². The first-order valence-corrected chi connectivity index (χ1v) is 7.83. The first kappa shape index (κ1) is 16.2. The summed E-state index contributed by atoms with van der Waals surface area (Å²) in [7, 11) is 0. The number of hydrogen-bond donors (Lipinski definition) is 2. The average Bonchev–Trinajstić information content (AvgIpc) is 2.63. The van der Waals surface area contributed by atoms with E-state index in [9.17, 15) is 19.8 Å². The molecule has 0 amide bonds. The lowest BCUT2D eigenvalue weighted by atomic mass is 10.0. The molecule has 0 radical (unpaired) electrons. The monoisotopic (exact) mass is 354 g/mol. The third-order valence-corrected chi connectivity index (χ3v) is 4.23. The fourth-order valence-electron chi connectivity index (χ4n) is 2.98. The molecule has 26 heavy (non-hydrogen) atoms. The largest absolute Gasteiger partial charge is 0.502 e. The minimum atomic E-state index is -1.15. The van der Waals surface area contributed by atoms with Crippen molar-refractivity contribution in [1.29, 1.82) is 0 Å². The Morgan fingerprint density at radius 1 is 1.19 bits per heavy atom. The zero-order chi connectivity index (χ0) is 18.4. The number of carbonyl (C=O) groups is 1. The van der Waals surface area contributed by atoms with Gasteiger partial charge in [-0.05, 0) is 36.8 Å². The van der Waals surface area contributed by atoms with Crippen LogP contribution in [0, 0.1) is 6.92 Å². The normalized spacial score (nSPS) is 13.3. The molecular formula is C19H14O7. The number of ether oxygens (including phenoxy) is 2. The number of aryl methyl sites for hydroxylation is 1. The van der Waals surface area contributed by atoms with Crippen molar-refractivity contribution in [3.8, 4) is 22.8 Å². The van der Waals surface area contributed by atoms with E-state index in [-0.39, 0.29) is 35.7 Å². The van der Waals surface area contributed by atoms with Crippen LogP contribution in [0.1, 0.15) is 21.5 Å². The number of fused-ring (bicyclic) bond motifs is 2. The Bertz CT molecular complexity index is 1110. The van der Waals surface area contributed by atoms with E-state index in [1.165, 1.54) is 12.1 Å².